The number of ether oxygens (including phenoxy) is 1. The van der Waals surface area contributed by atoms with Crippen molar-refractivity contribution in [2.45, 2.75) is 12.3 Å². The Morgan fingerprint density at radius 1 is 1.47 bits per heavy atom. The van der Waals surface area contributed by atoms with Crippen LogP contribution in [0.5, 0.6) is 0 Å². The molecule has 0 radical (unpaired) electrons. The van der Waals surface area contributed by atoms with Crippen molar-refractivity contribution in [2.24, 2.45) is 5.73 Å². The lowest BCUT2D eigenvalue weighted by molar-refractivity contribution is -0.137. The van der Waals surface area contributed by atoms with Gasteiger partial charge in [0.2, 0.25) is 0 Å². The van der Waals surface area contributed by atoms with E-state index < -0.39 is 17.8 Å². The van der Waals surface area contributed by atoms with Crippen LogP contribution < -0.4 is 10.6 Å². The van der Waals surface area contributed by atoms with Gasteiger partial charge in [-0.15, -0.1) is 0 Å². The van der Waals surface area contributed by atoms with Gasteiger partial charge in [-0.2, -0.15) is 13.2 Å². The maximum atomic E-state index is 12.4. The third-order valence-electron chi connectivity index (χ3n) is 2.78. The largest absolute Gasteiger partial charge is 0.417 e. The predicted molar refractivity (Wildman–Crippen MR) is 68.0 cm³/mol. The molecule has 1 fully saturated rings. The van der Waals surface area contributed by atoms with Crippen LogP contribution in [0.4, 0.5) is 19.0 Å². The highest BCUT2D eigenvalue weighted by molar-refractivity contribution is 7.80. The topological polar surface area (TPSA) is 51.4 Å². The third-order valence-corrected chi connectivity index (χ3v) is 3.05. The zero-order valence-corrected chi connectivity index (χ0v) is 10.7. The second-order valence-corrected chi connectivity index (χ2v) is 4.58. The van der Waals surface area contributed by atoms with E-state index in [2.05, 4.69) is 4.98 Å². The molecule has 1 saturated heterocycles. The van der Waals surface area contributed by atoms with Crippen LogP contribution >= 0.6 is 12.2 Å². The average Bonchev–Trinajstić information content (AvgIpc) is 2.38. The molecule has 0 spiro atoms. The monoisotopic (exact) mass is 291 g/mol. The van der Waals surface area contributed by atoms with E-state index in [9.17, 15) is 13.2 Å². The highest BCUT2D eigenvalue weighted by Gasteiger charge is 2.31. The molecule has 1 unspecified atom stereocenters. The van der Waals surface area contributed by atoms with Crippen LogP contribution in [0.1, 0.15) is 5.56 Å². The molecule has 1 aromatic heterocycles. The van der Waals surface area contributed by atoms with Gasteiger partial charge in [-0.3, -0.25) is 0 Å². The number of aromatic nitrogens is 1. The summed E-state index contributed by atoms with van der Waals surface area (Å²) in [6.45, 7) is 1.34. The van der Waals surface area contributed by atoms with Crippen molar-refractivity contribution in [2.75, 3.05) is 24.6 Å². The van der Waals surface area contributed by atoms with Gasteiger partial charge in [-0.1, -0.05) is 12.2 Å². The Balaban J connectivity index is 2.12. The van der Waals surface area contributed by atoms with Crippen molar-refractivity contribution in [1.82, 2.24) is 4.98 Å². The first-order valence-corrected chi connectivity index (χ1v) is 5.98. The van der Waals surface area contributed by atoms with Crippen molar-refractivity contribution < 1.29 is 17.9 Å². The molecule has 0 aliphatic carbocycles. The van der Waals surface area contributed by atoms with Crippen molar-refractivity contribution in [1.29, 1.82) is 0 Å². The van der Waals surface area contributed by atoms with Crippen molar-refractivity contribution in [3.8, 4) is 0 Å². The Kier molecular flexibility index (Phi) is 3.91. The second-order valence-electron chi connectivity index (χ2n) is 4.11. The number of hydrogen-bond acceptors (Lipinski definition) is 4. The molecule has 0 aromatic carbocycles. The van der Waals surface area contributed by atoms with Gasteiger partial charge in [0.1, 0.15) is 16.9 Å². The molecular formula is C11H12F3N3OS. The van der Waals surface area contributed by atoms with Crippen LogP contribution in [0.25, 0.3) is 0 Å². The summed E-state index contributed by atoms with van der Waals surface area (Å²) in [5, 5.41) is 0. The predicted octanol–water partition coefficient (Wildman–Crippen LogP) is 1.59. The summed E-state index contributed by atoms with van der Waals surface area (Å²) in [5.41, 5.74) is 4.73. The minimum Gasteiger partial charge on any atom is -0.391 e. The Hall–Kier alpha value is -1.41. The van der Waals surface area contributed by atoms with Crippen molar-refractivity contribution >= 4 is 23.0 Å². The van der Waals surface area contributed by atoms with E-state index in [-0.39, 0.29) is 4.99 Å². The number of rotatable bonds is 2. The molecular weight excluding hydrogens is 279 g/mol. The van der Waals surface area contributed by atoms with E-state index in [0.717, 1.165) is 12.3 Å². The molecule has 1 aliphatic heterocycles. The molecule has 0 bridgehead atoms. The maximum Gasteiger partial charge on any atom is 0.417 e. The molecule has 1 atom stereocenters. The zero-order valence-electron chi connectivity index (χ0n) is 9.85. The first-order chi connectivity index (χ1) is 8.88. The van der Waals surface area contributed by atoms with Crippen molar-refractivity contribution in [3.05, 3.63) is 23.9 Å². The molecule has 2 rings (SSSR count). The van der Waals surface area contributed by atoms with E-state index in [0.29, 0.717) is 25.5 Å². The normalized spacial score (nSPS) is 20.4. The summed E-state index contributed by atoms with van der Waals surface area (Å²) in [4.78, 5) is 5.86. The van der Waals surface area contributed by atoms with Gasteiger partial charge in [0.25, 0.3) is 0 Å². The van der Waals surface area contributed by atoms with E-state index in [1.807, 2.05) is 0 Å². The number of nitrogens with two attached hydrogens (primary N) is 1. The Labute approximate surface area is 113 Å². The number of halogens is 3. The number of nitrogens with zero attached hydrogens (tertiary/aromatic N) is 2. The van der Waals surface area contributed by atoms with Crippen LogP contribution in [0.2, 0.25) is 0 Å². The standard InChI is InChI=1S/C11H12F3N3OS/c12-11(13,14)7-1-2-9(16-5-7)17-3-4-18-8(6-17)10(15)19/h1-2,5,8H,3-4,6H2,(H2,15,19). The summed E-state index contributed by atoms with van der Waals surface area (Å²) in [6.07, 6.45) is -3.95. The van der Waals surface area contributed by atoms with Gasteiger partial charge in [0.05, 0.1) is 18.7 Å². The number of thiocarbonyl (C=S) groups is 1. The van der Waals surface area contributed by atoms with Crippen molar-refractivity contribution in [3.63, 3.8) is 0 Å². The first kappa shape index (κ1) is 14.0. The van der Waals surface area contributed by atoms with Gasteiger partial charge in [-0.25, -0.2) is 4.98 Å². The van der Waals surface area contributed by atoms with Crippen LogP contribution in [-0.4, -0.2) is 35.8 Å². The minimum absolute atomic E-state index is 0.233. The Morgan fingerprint density at radius 3 is 2.74 bits per heavy atom. The molecule has 4 nitrogen and oxygen atoms in total. The fourth-order valence-corrected chi connectivity index (χ4v) is 1.91. The highest BCUT2D eigenvalue weighted by Crippen LogP contribution is 2.29. The fourth-order valence-electron chi connectivity index (χ4n) is 1.77. The quantitative estimate of drug-likeness (QED) is 0.839. The highest BCUT2D eigenvalue weighted by atomic mass is 32.1. The molecule has 8 heteroatoms. The fraction of sp³-hybridized carbons (Fsp3) is 0.455. The van der Waals surface area contributed by atoms with Gasteiger partial charge >= 0.3 is 6.18 Å². The number of morpholine rings is 1. The van der Waals surface area contributed by atoms with Gasteiger partial charge in [-0.05, 0) is 12.1 Å². The molecule has 1 aliphatic rings. The van der Waals surface area contributed by atoms with E-state index >= 15 is 0 Å². The Morgan fingerprint density at radius 2 is 2.21 bits per heavy atom. The molecule has 1 aromatic rings. The third kappa shape index (κ3) is 3.32. The van der Waals surface area contributed by atoms with E-state index in [1.165, 1.54) is 6.07 Å². The number of hydrogen-bond donors (Lipinski definition) is 1. The first-order valence-electron chi connectivity index (χ1n) is 5.57. The maximum absolute atomic E-state index is 12.4. The summed E-state index contributed by atoms with van der Waals surface area (Å²) in [6, 6.07) is 2.35. The lowest BCUT2D eigenvalue weighted by Gasteiger charge is -2.33. The molecule has 2 heterocycles. The lowest BCUT2D eigenvalue weighted by atomic mass is 10.2. The van der Waals surface area contributed by atoms with E-state index in [4.69, 9.17) is 22.7 Å². The van der Waals surface area contributed by atoms with Gasteiger partial charge in [0.15, 0.2) is 0 Å². The van der Waals surface area contributed by atoms with Crippen LogP contribution in [0, 0.1) is 0 Å². The van der Waals surface area contributed by atoms with Crippen LogP contribution in [0.3, 0.4) is 0 Å². The molecule has 104 valence electrons. The summed E-state index contributed by atoms with van der Waals surface area (Å²) < 4.78 is 42.6. The van der Waals surface area contributed by atoms with E-state index in [1.54, 1.807) is 4.90 Å². The SMILES string of the molecule is NC(=S)C1CN(c2ccc(C(F)(F)F)cn2)CCO1. The lowest BCUT2D eigenvalue weighted by Crippen LogP contribution is -2.48. The van der Waals surface area contributed by atoms with Crippen LogP contribution in [-0.2, 0) is 10.9 Å². The zero-order chi connectivity index (χ0) is 14.0. The number of pyridine rings is 1. The molecule has 0 amide bonds. The number of anilines is 1. The number of alkyl halides is 3. The van der Waals surface area contributed by atoms with Crippen LogP contribution in [0.15, 0.2) is 18.3 Å². The summed E-state index contributed by atoms with van der Waals surface area (Å²) in [5.74, 6) is 0.456. The minimum atomic E-state index is -4.38. The molecule has 2 N–H and O–H groups in total. The van der Waals surface area contributed by atoms with Gasteiger partial charge < -0.3 is 15.4 Å². The summed E-state index contributed by atoms with van der Waals surface area (Å²) in [7, 11) is 0. The second kappa shape index (κ2) is 5.30. The molecule has 0 saturated carbocycles. The summed E-state index contributed by atoms with van der Waals surface area (Å²) >= 11 is 4.84. The van der Waals surface area contributed by atoms with Gasteiger partial charge in [0, 0.05) is 12.7 Å². The Bertz CT molecular complexity index is 463. The molecule has 19 heavy (non-hydrogen) atoms. The average molecular weight is 291 g/mol. The smallest absolute Gasteiger partial charge is 0.391 e.